The van der Waals surface area contributed by atoms with Crippen molar-refractivity contribution in [2.45, 2.75) is 35.8 Å². The molecule has 0 aromatic heterocycles. The summed E-state index contributed by atoms with van der Waals surface area (Å²) in [5.74, 6) is -0.223. The second-order valence-corrected chi connectivity index (χ2v) is 6.63. The fourth-order valence-corrected chi connectivity index (χ4v) is 4.30. The highest BCUT2D eigenvalue weighted by atomic mass is 32.2. The van der Waals surface area contributed by atoms with E-state index < -0.39 is 0 Å². The van der Waals surface area contributed by atoms with Crippen molar-refractivity contribution in [2.75, 3.05) is 19.8 Å². The second-order valence-electron chi connectivity index (χ2n) is 5.12. The SMILES string of the molecule is CCOC(=O)c1ccc2c(c1)SC1(CCOCC1)C2. The topological polar surface area (TPSA) is 35.5 Å². The number of carbonyl (C=O) groups excluding carboxylic acids is 1. The molecule has 1 aromatic carbocycles. The zero-order chi connectivity index (χ0) is 13.3. The Kier molecular flexibility index (Phi) is 3.54. The van der Waals surface area contributed by atoms with E-state index in [-0.39, 0.29) is 5.97 Å². The molecule has 1 aromatic rings. The maximum Gasteiger partial charge on any atom is 0.338 e. The van der Waals surface area contributed by atoms with Gasteiger partial charge in [-0.15, -0.1) is 11.8 Å². The maximum atomic E-state index is 11.8. The molecule has 0 amide bonds. The lowest BCUT2D eigenvalue weighted by Crippen LogP contribution is -2.32. The van der Waals surface area contributed by atoms with E-state index in [1.54, 1.807) is 0 Å². The average molecular weight is 278 g/mol. The summed E-state index contributed by atoms with van der Waals surface area (Å²) >= 11 is 1.92. The van der Waals surface area contributed by atoms with E-state index in [1.165, 1.54) is 10.5 Å². The van der Waals surface area contributed by atoms with E-state index in [9.17, 15) is 4.79 Å². The van der Waals surface area contributed by atoms with E-state index in [4.69, 9.17) is 9.47 Å². The van der Waals surface area contributed by atoms with Crippen LogP contribution in [0.4, 0.5) is 0 Å². The first-order valence-corrected chi connectivity index (χ1v) is 7.61. The van der Waals surface area contributed by atoms with Crippen molar-refractivity contribution in [2.24, 2.45) is 0 Å². The third-order valence-electron chi connectivity index (χ3n) is 3.82. The van der Waals surface area contributed by atoms with Crippen molar-refractivity contribution in [3.8, 4) is 0 Å². The van der Waals surface area contributed by atoms with Crippen LogP contribution < -0.4 is 0 Å². The summed E-state index contributed by atoms with van der Waals surface area (Å²) in [5.41, 5.74) is 2.03. The summed E-state index contributed by atoms with van der Waals surface area (Å²) < 4.78 is 10.8. The Hall–Kier alpha value is -1.00. The smallest absolute Gasteiger partial charge is 0.338 e. The minimum Gasteiger partial charge on any atom is -0.462 e. The van der Waals surface area contributed by atoms with Crippen molar-refractivity contribution in [3.63, 3.8) is 0 Å². The van der Waals surface area contributed by atoms with Gasteiger partial charge in [0, 0.05) is 22.9 Å². The summed E-state index contributed by atoms with van der Waals surface area (Å²) in [4.78, 5) is 13.0. The molecule has 4 heteroatoms. The van der Waals surface area contributed by atoms with Crippen LogP contribution in [0.1, 0.15) is 35.7 Å². The number of hydrogen-bond donors (Lipinski definition) is 0. The third kappa shape index (κ3) is 2.51. The summed E-state index contributed by atoms with van der Waals surface area (Å²) in [7, 11) is 0. The lowest BCUT2D eigenvalue weighted by atomic mass is 9.91. The van der Waals surface area contributed by atoms with E-state index in [0.717, 1.165) is 32.5 Å². The number of fused-ring (bicyclic) bond motifs is 1. The molecule has 2 heterocycles. The average Bonchev–Trinajstić information content (AvgIpc) is 2.76. The molecule has 0 aliphatic carbocycles. The molecule has 3 rings (SSSR count). The number of ether oxygens (including phenoxy) is 2. The normalized spacial score (nSPS) is 20.3. The van der Waals surface area contributed by atoms with Gasteiger partial charge in [-0.1, -0.05) is 6.07 Å². The monoisotopic (exact) mass is 278 g/mol. The van der Waals surface area contributed by atoms with Gasteiger partial charge in [-0.2, -0.15) is 0 Å². The molecular weight excluding hydrogens is 260 g/mol. The summed E-state index contributed by atoms with van der Waals surface area (Å²) in [6, 6.07) is 5.96. The standard InChI is InChI=1S/C15H18O3S/c1-2-18-14(16)11-3-4-12-10-15(19-13(12)9-11)5-7-17-8-6-15/h3-4,9H,2,5-8,10H2,1H3. The number of thioether (sulfide) groups is 1. The summed E-state index contributed by atoms with van der Waals surface area (Å²) in [5, 5.41) is 0. The molecule has 0 saturated carbocycles. The zero-order valence-corrected chi connectivity index (χ0v) is 11.9. The predicted molar refractivity (Wildman–Crippen MR) is 74.7 cm³/mol. The quantitative estimate of drug-likeness (QED) is 0.779. The van der Waals surface area contributed by atoms with Gasteiger partial charge in [-0.3, -0.25) is 0 Å². The van der Waals surface area contributed by atoms with E-state index in [1.807, 2.05) is 30.8 Å². The number of esters is 1. The molecule has 3 nitrogen and oxygen atoms in total. The first-order chi connectivity index (χ1) is 9.22. The Labute approximate surface area is 117 Å². The van der Waals surface area contributed by atoms with E-state index in [0.29, 0.717) is 16.9 Å². The fraction of sp³-hybridized carbons (Fsp3) is 0.533. The Balaban J connectivity index is 1.81. The van der Waals surface area contributed by atoms with Gasteiger partial charge in [0.05, 0.1) is 12.2 Å². The van der Waals surface area contributed by atoms with Crippen LogP contribution in [0.3, 0.4) is 0 Å². The van der Waals surface area contributed by atoms with Gasteiger partial charge in [0.25, 0.3) is 0 Å². The van der Waals surface area contributed by atoms with Crippen LogP contribution in [-0.2, 0) is 15.9 Å². The highest BCUT2D eigenvalue weighted by molar-refractivity contribution is 8.01. The molecule has 1 fully saturated rings. The summed E-state index contributed by atoms with van der Waals surface area (Å²) in [6.07, 6.45) is 3.29. The van der Waals surface area contributed by atoms with Crippen LogP contribution in [0.15, 0.2) is 23.1 Å². The van der Waals surface area contributed by atoms with Crippen molar-refractivity contribution in [1.82, 2.24) is 0 Å². The van der Waals surface area contributed by atoms with Gasteiger partial charge >= 0.3 is 5.97 Å². The molecule has 0 N–H and O–H groups in total. The molecule has 1 spiro atoms. The molecule has 19 heavy (non-hydrogen) atoms. The van der Waals surface area contributed by atoms with Crippen LogP contribution in [0.5, 0.6) is 0 Å². The third-order valence-corrected chi connectivity index (χ3v) is 5.41. The second kappa shape index (κ2) is 5.17. The van der Waals surface area contributed by atoms with Crippen LogP contribution >= 0.6 is 11.8 Å². The highest BCUT2D eigenvalue weighted by Crippen LogP contribution is 2.50. The minimum absolute atomic E-state index is 0.223. The van der Waals surface area contributed by atoms with Gasteiger partial charge < -0.3 is 9.47 Å². The first kappa shape index (κ1) is 13.0. The maximum absolute atomic E-state index is 11.8. The fourth-order valence-electron chi connectivity index (χ4n) is 2.78. The van der Waals surface area contributed by atoms with Crippen LogP contribution in [0.25, 0.3) is 0 Å². The molecule has 2 aliphatic heterocycles. The van der Waals surface area contributed by atoms with E-state index in [2.05, 4.69) is 6.07 Å². The van der Waals surface area contributed by atoms with Gasteiger partial charge in [0.15, 0.2) is 0 Å². The van der Waals surface area contributed by atoms with Gasteiger partial charge in [0.1, 0.15) is 0 Å². The summed E-state index contributed by atoms with van der Waals surface area (Å²) in [6.45, 7) is 3.96. The van der Waals surface area contributed by atoms with Crippen molar-refractivity contribution in [1.29, 1.82) is 0 Å². The largest absolute Gasteiger partial charge is 0.462 e. The molecule has 1 saturated heterocycles. The number of rotatable bonds is 2. The van der Waals surface area contributed by atoms with Crippen molar-refractivity contribution < 1.29 is 14.3 Å². The molecule has 102 valence electrons. The highest BCUT2D eigenvalue weighted by Gasteiger charge is 2.39. The molecule has 0 radical (unpaired) electrons. The molecule has 0 bridgehead atoms. The Morgan fingerprint density at radius 2 is 2.21 bits per heavy atom. The van der Waals surface area contributed by atoms with Gasteiger partial charge in [0.2, 0.25) is 0 Å². The lowest BCUT2D eigenvalue weighted by molar-refractivity contribution is 0.0526. The zero-order valence-electron chi connectivity index (χ0n) is 11.1. The number of carbonyl (C=O) groups is 1. The Bertz CT molecular complexity index is 492. The van der Waals surface area contributed by atoms with Gasteiger partial charge in [-0.25, -0.2) is 4.79 Å². The number of hydrogen-bond acceptors (Lipinski definition) is 4. The molecule has 0 atom stereocenters. The minimum atomic E-state index is -0.223. The Morgan fingerprint density at radius 1 is 1.42 bits per heavy atom. The van der Waals surface area contributed by atoms with Crippen LogP contribution in [0.2, 0.25) is 0 Å². The first-order valence-electron chi connectivity index (χ1n) is 6.79. The molecule has 0 unspecified atom stereocenters. The van der Waals surface area contributed by atoms with Crippen molar-refractivity contribution in [3.05, 3.63) is 29.3 Å². The lowest BCUT2D eigenvalue weighted by Gasteiger charge is -2.32. The number of benzene rings is 1. The van der Waals surface area contributed by atoms with Crippen LogP contribution in [-0.4, -0.2) is 30.5 Å². The van der Waals surface area contributed by atoms with Crippen molar-refractivity contribution >= 4 is 17.7 Å². The predicted octanol–water partition coefficient (Wildman–Crippen LogP) is 3.06. The Morgan fingerprint density at radius 3 is 2.95 bits per heavy atom. The molecular formula is C15H18O3S. The molecule has 2 aliphatic rings. The van der Waals surface area contributed by atoms with E-state index >= 15 is 0 Å². The van der Waals surface area contributed by atoms with Gasteiger partial charge in [-0.05, 0) is 43.9 Å². The van der Waals surface area contributed by atoms with Crippen LogP contribution in [0, 0.1) is 0 Å².